The summed E-state index contributed by atoms with van der Waals surface area (Å²) in [4.78, 5) is 0. The number of phenolic OH excluding ortho intramolecular Hbond substituents is 2. The van der Waals surface area contributed by atoms with Crippen molar-refractivity contribution >= 4 is 0 Å². The molecule has 4 bridgehead atoms. The van der Waals surface area contributed by atoms with E-state index in [-0.39, 0.29) is 16.9 Å². The second-order valence-electron chi connectivity index (χ2n) is 7.76. The second-order valence-corrected chi connectivity index (χ2v) is 7.76. The van der Waals surface area contributed by atoms with Crippen molar-refractivity contribution in [3.05, 3.63) is 23.8 Å². The molecule has 5 rings (SSSR count). The molecule has 1 aromatic carbocycles. The molecule has 4 saturated carbocycles. The zero-order valence-corrected chi connectivity index (χ0v) is 11.5. The molecule has 0 heterocycles. The summed E-state index contributed by atoms with van der Waals surface area (Å²) >= 11 is 0. The van der Waals surface area contributed by atoms with E-state index < -0.39 is 0 Å². The van der Waals surface area contributed by atoms with Crippen LogP contribution in [0.25, 0.3) is 0 Å². The van der Waals surface area contributed by atoms with Crippen LogP contribution in [0.5, 0.6) is 11.5 Å². The Labute approximate surface area is 114 Å². The maximum absolute atomic E-state index is 9.82. The molecule has 0 spiro atoms. The SMILES string of the molecule is CC12CC3CC(C1)CC(c1ccc(O)c(O)c1)(C3)C2. The molecule has 2 unspecified atom stereocenters. The largest absolute Gasteiger partial charge is 0.504 e. The Balaban J connectivity index is 1.79. The number of hydrogen-bond acceptors (Lipinski definition) is 2. The predicted molar refractivity (Wildman–Crippen MR) is 74.2 cm³/mol. The van der Waals surface area contributed by atoms with Gasteiger partial charge in [-0.2, -0.15) is 0 Å². The van der Waals surface area contributed by atoms with Crippen LogP contribution in [0.3, 0.4) is 0 Å². The van der Waals surface area contributed by atoms with Gasteiger partial charge in [-0.15, -0.1) is 0 Å². The molecular weight excluding hydrogens is 236 g/mol. The first-order valence-electron chi connectivity index (χ1n) is 7.51. The monoisotopic (exact) mass is 258 g/mol. The summed E-state index contributed by atoms with van der Waals surface area (Å²) in [5.74, 6) is 1.79. The lowest BCUT2D eigenvalue weighted by molar-refractivity contribution is -0.0616. The van der Waals surface area contributed by atoms with E-state index in [1.165, 1.54) is 44.1 Å². The van der Waals surface area contributed by atoms with Gasteiger partial charge in [0.1, 0.15) is 0 Å². The highest BCUT2D eigenvalue weighted by molar-refractivity contribution is 5.44. The summed E-state index contributed by atoms with van der Waals surface area (Å²) in [6, 6.07) is 5.50. The van der Waals surface area contributed by atoms with Crippen molar-refractivity contribution in [1.29, 1.82) is 0 Å². The third-order valence-electron chi connectivity index (χ3n) is 5.94. The Kier molecular flexibility index (Phi) is 2.13. The fraction of sp³-hybridized carbons (Fsp3) is 0.647. The van der Waals surface area contributed by atoms with Crippen molar-refractivity contribution in [2.24, 2.45) is 17.3 Å². The van der Waals surface area contributed by atoms with E-state index in [0.29, 0.717) is 5.41 Å². The second kappa shape index (κ2) is 3.47. The topological polar surface area (TPSA) is 40.5 Å². The quantitative estimate of drug-likeness (QED) is 0.749. The molecule has 0 aliphatic heterocycles. The van der Waals surface area contributed by atoms with Gasteiger partial charge < -0.3 is 10.2 Å². The molecule has 0 aromatic heterocycles. The molecule has 0 amide bonds. The molecule has 2 N–H and O–H groups in total. The molecule has 2 nitrogen and oxygen atoms in total. The Hall–Kier alpha value is -1.18. The Morgan fingerprint density at radius 2 is 1.68 bits per heavy atom. The molecular formula is C17H22O2. The van der Waals surface area contributed by atoms with Crippen LogP contribution in [0, 0.1) is 17.3 Å². The molecule has 102 valence electrons. The number of rotatable bonds is 1. The van der Waals surface area contributed by atoms with E-state index in [0.717, 1.165) is 11.8 Å². The van der Waals surface area contributed by atoms with Crippen LogP contribution in [0.15, 0.2) is 18.2 Å². The van der Waals surface area contributed by atoms with Crippen LogP contribution in [0.1, 0.15) is 51.0 Å². The molecule has 1 aromatic rings. The first-order chi connectivity index (χ1) is 8.98. The van der Waals surface area contributed by atoms with Gasteiger partial charge in [-0.05, 0) is 78.9 Å². The van der Waals surface area contributed by atoms with Gasteiger partial charge in [0, 0.05) is 0 Å². The minimum atomic E-state index is -0.000287. The zero-order valence-electron chi connectivity index (χ0n) is 11.5. The van der Waals surface area contributed by atoms with Crippen molar-refractivity contribution in [2.45, 2.75) is 50.9 Å². The van der Waals surface area contributed by atoms with Gasteiger partial charge in [-0.1, -0.05) is 13.0 Å². The molecule has 2 heteroatoms. The highest BCUT2D eigenvalue weighted by Crippen LogP contribution is 2.65. The molecule has 2 atom stereocenters. The zero-order chi connectivity index (χ0) is 13.3. The van der Waals surface area contributed by atoms with Gasteiger partial charge >= 0.3 is 0 Å². The smallest absolute Gasteiger partial charge is 0.157 e. The third-order valence-corrected chi connectivity index (χ3v) is 5.94. The molecule has 0 saturated heterocycles. The number of hydrogen-bond donors (Lipinski definition) is 2. The average molecular weight is 258 g/mol. The fourth-order valence-electron chi connectivity index (χ4n) is 5.91. The summed E-state index contributed by atoms with van der Waals surface area (Å²) in [6.07, 6.45) is 8.04. The van der Waals surface area contributed by atoms with Crippen LogP contribution >= 0.6 is 0 Å². The molecule has 4 aliphatic rings. The molecule has 19 heavy (non-hydrogen) atoms. The highest BCUT2D eigenvalue weighted by Gasteiger charge is 2.56. The summed E-state index contributed by atoms with van der Waals surface area (Å²) < 4.78 is 0. The number of phenols is 2. The fourth-order valence-corrected chi connectivity index (χ4v) is 5.91. The third kappa shape index (κ3) is 1.62. The molecule has 0 radical (unpaired) electrons. The van der Waals surface area contributed by atoms with Crippen LogP contribution in [0.4, 0.5) is 0 Å². The van der Waals surface area contributed by atoms with Crippen LogP contribution in [-0.2, 0) is 5.41 Å². The molecule has 4 aliphatic carbocycles. The van der Waals surface area contributed by atoms with Crippen LogP contribution in [-0.4, -0.2) is 10.2 Å². The maximum atomic E-state index is 9.82. The highest BCUT2D eigenvalue weighted by atomic mass is 16.3. The standard InChI is InChI=1S/C17H22O2/c1-16-6-11-4-12(7-16)9-17(8-11,10-16)13-2-3-14(18)15(19)5-13/h2-3,5,11-12,18-19H,4,6-10H2,1H3. The van der Waals surface area contributed by atoms with Gasteiger partial charge in [0.2, 0.25) is 0 Å². The first-order valence-corrected chi connectivity index (χ1v) is 7.51. The Morgan fingerprint density at radius 1 is 1.00 bits per heavy atom. The van der Waals surface area contributed by atoms with Gasteiger partial charge in [0.15, 0.2) is 11.5 Å². The van der Waals surface area contributed by atoms with E-state index >= 15 is 0 Å². The normalized spacial score (nSPS) is 43.6. The maximum Gasteiger partial charge on any atom is 0.157 e. The van der Waals surface area contributed by atoms with E-state index in [4.69, 9.17) is 0 Å². The summed E-state index contributed by atoms with van der Waals surface area (Å²) in [5.41, 5.74) is 2.03. The van der Waals surface area contributed by atoms with E-state index in [2.05, 4.69) is 6.92 Å². The van der Waals surface area contributed by atoms with E-state index in [1.807, 2.05) is 12.1 Å². The minimum Gasteiger partial charge on any atom is -0.504 e. The minimum absolute atomic E-state index is 0.000287. The van der Waals surface area contributed by atoms with Crippen molar-refractivity contribution < 1.29 is 10.2 Å². The summed E-state index contributed by atoms with van der Waals surface area (Å²) in [7, 11) is 0. The van der Waals surface area contributed by atoms with E-state index in [9.17, 15) is 10.2 Å². The average Bonchev–Trinajstić information content (AvgIpc) is 2.29. The Bertz CT molecular complexity index is 520. The van der Waals surface area contributed by atoms with Gasteiger partial charge in [-0.25, -0.2) is 0 Å². The number of benzene rings is 1. The molecule has 4 fully saturated rings. The van der Waals surface area contributed by atoms with Gasteiger partial charge in [-0.3, -0.25) is 0 Å². The number of aromatic hydroxyl groups is 2. The van der Waals surface area contributed by atoms with Crippen molar-refractivity contribution in [2.75, 3.05) is 0 Å². The first kappa shape index (κ1) is 11.6. The van der Waals surface area contributed by atoms with Crippen molar-refractivity contribution in [3.8, 4) is 11.5 Å². The predicted octanol–water partition coefficient (Wildman–Crippen LogP) is 3.96. The Morgan fingerprint density at radius 3 is 2.26 bits per heavy atom. The lowest BCUT2D eigenvalue weighted by atomic mass is 9.43. The van der Waals surface area contributed by atoms with E-state index in [1.54, 1.807) is 6.07 Å². The van der Waals surface area contributed by atoms with Crippen LogP contribution < -0.4 is 0 Å². The summed E-state index contributed by atoms with van der Waals surface area (Å²) in [6.45, 7) is 2.46. The summed E-state index contributed by atoms with van der Waals surface area (Å²) in [5, 5.41) is 19.3. The van der Waals surface area contributed by atoms with Gasteiger partial charge in [0.25, 0.3) is 0 Å². The van der Waals surface area contributed by atoms with Crippen molar-refractivity contribution in [1.82, 2.24) is 0 Å². The van der Waals surface area contributed by atoms with Gasteiger partial charge in [0.05, 0.1) is 0 Å². The lowest BCUT2D eigenvalue weighted by Gasteiger charge is -2.61. The lowest BCUT2D eigenvalue weighted by Crippen LogP contribution is -2.52. The van der Waals surface area contributed by atoms with Crippen LogP contribution in [0.2, 0.25) is 0 Å². The van der Waals surface area contributed by atoms with Crippen molar-refractivity contribution in [3.63, 3.8) is 0 Å².